The van der Waals surface area contributed by atoms with E-state index in [-0.39, 0.29) is 11.7 Å². The van der Waals surface area contributed by atoms with Crippen molar-refractivity contribution in [3.63, 3.8) is 0 Å². The highest BCUT2D eigenvalue weighted by Gasteiger charge is 2.22. The zero-order chi connectivity index (χ0) is 19.7. The molecular weight excluding hydrogens is 378 g/mol. The van der Waals surface area contributed by atoms with Gasteiger partial charge in [0.2, 0.25) is 10.0 Å². The lowest BCUT2D eigenvalue weighted by molar-refractivity contribution is 0.0726. The Morgan fingerprint density at radius 1 is 1.07 bits per heavy atom. The Kier molecular flexibility index (Phi) is 4.76. The maximum Gasteiger partial charge on any atom is 0.257 e. The number of anilines is 1. The van der Waals surface area contributed by atoms with Crippen molar-refractivity contribution in [2.24, 2.45) is 0 Å². The number of carbonyl (C=O) groups is 1. The molecule has 146 valence electrons. The number of aromatic nitrogens is 3. The standard InChI is InChI=1S/C19H21N5O3S/c1-28(26,27)22-18-9-8-14(12-20-18)16-6-5-7-17-15(13-21-24(16)17)19(25)23-10-3-2-4-11-23/h5-9,12-13H,2-4,10-11H2,1H3,(H,20,22). The third kappa shape index (κ3) is 3.70. The first-order valence-corrected chi connectivity index (χ1v) is 11.0. The van der Waals surface area contributed by atoms with Gasteiger partial charge in [0.05, 0.1) is 29.2 Å². The second-order valence-electron chi connectivity index (χ2n) is 6.93. The molecule has 1 fully saturated rings. The lowest BCUT2D eigenvalue weighted by Crippen LogP contribution is -2.35. The van der Waals surface area contributed by atoms with Crippen molar-refractivity contribution in [1.82, 2.24) is 19.5 Å². The smallest absolute Gasteiger partial charge is 0.257 e. The van der Waals surface area contributed by atoms with Crippen molar-refractivity contribution in [1.29, 1.82) is 0 Å². The van der Waals surface area contributed by atoms with Gasteiger partial charge in [0, 0.05) is 24.8 Å². The van der Waals surface area contributed by atoms with Crippen LogP contribution in [0.1, 0.15) is 29.6 Å². The van der Waals surface area contributed by atoms with Crippen LogP contribution >= 0.6 is 0 Å². The van der Waals surface area contributed by atoms with Crippen LogP contribution in [0.25, 0.3) is 16.8 Å². The number of pyridine rings is 2. The van der Waals surface area contributed by atoms with Gasteiger partial charge in [-0.25, -0.2) is 17.9 Å². The molecule has 0 spiro atoms. The fourth-order valence-electron chi connectivity index (χ4n) is 3.46. The number of piperidine rings is 1. The van der Waals surface area contributed by atoms with Crippen molar-refractivity contribution in [3.05, 3.63) is 48.3 Å². The van der Waals surface area contributed by atoms with Gasteiger partial charge >= 0.3 is 0 Å². The van der Waals surface area contributed by atoms with Crippen molar-refractivity contribution >= 4 is 27.3 Å². The van der Waals surface area contributed by atoms with Crippen LogP contribution in [-0.2, 0) is 10.0 Å². The largest absolute Gasteiger partial charge is 0.339 e. The summed E-state index contributed by atoms with van der Waals surface area (Å²) >= 11 is 0. The zero-order valence-electron chi connectivity index (χ0n) is 15.5. The van der Waals surface area contributed by atoms with E-state index in [4.69, 9.17) is 0 Å². The summed E-state index contributed by atoms with van der Waals surface area (Å²) in [5.41, 5.74) is 2.87. The number of hydrogen-bond donors (Lipinski definition) is 1. The summed E-state index contributed by atoms with van der Waals surface area (Å²) < 4.78 is 26.7. The summed E-state index contributed by atoms with van der Waals surface area (Å²) in [5, 5.41) is 4.42. The van der Waals surface area contributed by atoms with E-state index in [1.54, 1.807) is 29.0 Å². The van der Waals surface area contributed by atoms with Crippen LogP contribution in [0.4, 0.5) is 5.82 Å². The van der Waals surface area contributed by atoms with E-state index in [0.29, 0.717) is 5.56 Å². The molecule has 28 heavy (non-hydrogen) atoms. The molecule has 1 aliphatic heterocycles. The average Bonchev–Trinajstić information content (AvgIpc) is 3.12. The predicted molar refractivity (Wildman–Crippen MR) is 107 cm³/mol. The number of sulfonamides is 1. The Bertz CT molecular complexity index is 1120. The van der Waals surface area contributed by atoms with Gasteiger partial charge in [0.15, 0.2) is 0 Å². The molecule has 1 aliphatic rings. The summed E-state index contributed by atoms with van der Waals surface area (Å²) in [5.74, 6) is 0.262. The van der Waals surface area contributed by atoms with Crippen molar-refractivity contribution in [3.8, 4) is 11.3 Å². The molecule has 3 aromatic heterocycles. The molecular formula is C19H21N5O3S. The van der Waals surface area contributed by atoms with Crippen LogP contribution < -0.4 is 4.72 Å². The van der Waals surface area contributed by atoms with E-state index in [1.165, 1.54) is 6.42 Å². The molecule has 9 heteroatoms. The molecule has 0 atom stereocenters. The highest BCUT2D eigenvalue weighted by Crippen LogP contribution is 2.24. The number of nitrogens with one attached hydrogen (secondary N) is 1. The lowest BCUT2D eigenvalue weighted by atomic mass is 10.1. The molecule has 1 amide bonds. The topological polar surface area (TPSA) is 96.7 Å². The molecule has 4 rings (SSSR count). The Balaban J connectivity index is 1.67. The van der Waals surface area contributed by atoms with Gasteiger partial charge in [-0.15, -0.1) is 0 Å². The quantitative estimate of drug-likeness (QED) is 0.727. The summed E-state index contributed by atoms with van der Waals surface area (Å²) in [6, 6.07) is 9.00. The molecule has 4 heterocycles. The summed E-state index contributed by atoms with van der Waals surface area (Å²) in [6.45, 7) is 1.57. The van der Waals surface area contributed by atoms with E-state index in [2.05, 4.69) is 14.8 Å². The van der Waals surface area contributed by atoms with Gasteiger partial charge in [-0.1, -0.05) is 6.07 Å². The van der Waals surface area contributed by atoms with Crippen LogP contribution in [-0.4, -0.2) is 53.2 Å². The summed E-state index contributed by atoms with van der Waals surface area (Å²) in [6.07, 6.45) is 7.51. The first kappa shape index (κ1) is 18.4. The molecule has 8 nitrogen and oxygen atoms in total. The highest BCUT2D eigenvalue weighted by molar-refractivity contribution is 7.92. The number of likely N-dealkylation sites (tertiary alicyclic amines) is 1. The van der Waals surface area contributed by atoms with Crippen LogP contribution in [0.5, 0.6) is 0 Å². The maximum atomic E-state index is 12.9. The third-order valence-corrected chi connectivity index (χ3v) is 5.35. The molecule has 0 aromatic carbocycles. The zero-order valence-corrected chi connectivity index (χ0v) is 16.3. The monoisotopic (exact) mass is 399 g/mol. The van der Waals surface area contributed by atoms with Gasteiger partial charge in [0.1, 0.15) is 5.82 Å². The Labute approximate surface area is 163 Å². The van der Waals surface area contributed by atoms with Crippen LogP contribution in [0.3, 0.4) is 0 Å². The minimum Gasteiger partial charge on any atom is -0.339 e. The first-order valence-electron chi connectivity index (χ1n) is 9.13. The molecule has 0 unspecified atom stereocenters. The van der Waals surface area contributed by atoms with E-state index in [9.17, 15) is 13.2 Å². The molecule has 0 saturated carbocycles. The fourth-order valence-corrected chi connectivity index (χ4v) is 3.96. The second kappa shape index (κ2) is 7.23. The van der Waals surface area contributed by atoms with Gasteiger partial charge in [-0.05, 0) is 43.5 Å². The van der Waals surface area contributed by atoms with E-state index < -0.39 is 10.0 Å². The molecule has 0 aliphatic carbocycles. The number of hydrogen-bond acceptors (Lipinski definition) is 5. The normalized spacial score (nSPS) is 15.0. The Morgan fingerprint density at radius 2 is 1.86 bits per heavy atom. The number of rotatable bonds is 4. The van der Waals surface area contributed by atoms with Crippen molar-refractivity contribution < 1.29 is 13.2 Å². The van der Waals surface area contributed by atoms with Crippen LogP contribution in [0.2, 0.25) is 0 Å². The Morgan fingerprint density at radius 3 is 2.54 bits per heavy atom. The van der Waals surface area contributed by atoms with Gasteiger partial charge < -0.3 is 4.90 Å². The van der Waals surface area contributed by atoms with Crippen LogP contribution in [0.15, 0.2) is 42.7 Å². The molecule has 1 N–H and O–H groups in total. The minimum absolute atomic E-state index is 0.0117. The highest BCUT2D eigenvalue weighted by atomic mass is 32.2. The molecule has 0 bridgehead atoms. The summed E-state index contributed by atoms with van der Waals surface area (Å²) in [7, 11) is -3.38. The number of carbonyl (C=O) groups excluding carboxylic acids is 1. The van der Waals surface area contributed by atoms with Gasteiger partial charge in [0.25, 0.3) is 5.91 Å². The van der Waals surface area contributed by atoms with E-state index in [0.717, 1.165) is 49.0 Å². The predicted octanol–water partition coefficient (Wildman–Crippen LogP) is 2.39. The number of nitrogens with zero attached hydrogens (tertiary/aromatic N) is 4. The van der Waals surface area contributed by atoms with Crippen molar-refractivity contribution in [2.75, 3.05) is 24.1 Å². The SMILES string of the molecule is CS(=O)(=O)Nc1ccc(-c2cccc3c(C(=O)N4CCCCC4)cnn23)cn1. The van der Waals surface area contributed by atoms with Gasteiger partial charge in [-0.3, -0.25) is 9.52 Å². The Hall–Kier alpha value is -2.94. The lowest BCUT2D eigenvalue weighted by Gasteiger charge is -2.26. The van der Waals surface area contributed by atoms with E-state index >= 15 is 0 Å². The van der Waals surface area contributed by atoms with Crippen LogP contribution in [0, 0.1) is 0 Å². The molecule has 0 radical (unpaired) electrons. The average molecular weight is 399 g/mol. The fraction of sp³-hybridized carbons (Fsp3) is 0.316. The third-order valence-electron chi connectivity index (χ3n) is 4.77. The van der Waals surface area contributed by atoms with Crippen molar-refractivity contribution in [2.45, 2.75) is 19.3 Å². The molecule has 1 saturated heterocycles. The summed E-state index contributed by atoms with van der Waals surface area (Å²) in [4.78, 5) is 18.9. The number of amides is 1. The maximum absolute atomic E-state index is 12.9. The van der Waals surface area contributed by atoms with E-state index in [1.807, 2.05) is 23.1 Å². The first-order chi connectivity index (χ1) is 13.4. The van der Waals surface area contributed by atoms with Gasteiger partial charge in [-0.2, -0.15) is 5.10 Å². The molecule has 3 aromatic rings. The number of fused-ring (bicyclic) bond motifs is 1. The minimum atomic E-state index is -3.38. The second-order valence-corrected chi connectivity index (χ2v) is 8.67.